The van der Waals surface area contributed by atoms with E-state index in [9.17, 15) is 4.39 Å². The average molecular weight is 301 g/mol. The Morgan fingerprint density at radius 1 is 1.24 bits per heavy atom. The minimum Gasteiger partial charge on any atom is -0.315 e. The summed E-state index contributed by atoms with van der Waals surface area (Å²) in [6.07, 6.45) is 3.38. The van der Waals surface area contributed by atoms with Crippen LogP contribution in [0.5, 0.6) is 0 Å². The van der Waals surface area contributed by atoms with E-state index < -0.39 is 0 Å². The van der Waals surface area contributed by atoms with Crippen LogP contribution in [0.2, 0.25) is 0 Å². The largest absolute Gasteiger partial charge is 0.315 e. The Morgan fingerprint density at radius 2 is 2.06 bits per heavy atom. The van der Waals surface area contributed by atoms with Crippen LogP contribution in [-0.4, -0.2) is 25.7 Å². The zero-order valence-corrected chi connectivity index (χ0v) is 11.4. The van der Waals surface area contributed by atoms with E-state index in [-0.39, 0.29) is 5.82 Å². The molecule has 2 rings (SSSR count). The Kier molecular flexibility index (Phi) is 4.95. The minimum absolute atomic E-state index is 0.119. The summed E-state index contributed by atoms with van der Waals surface area (Å²) in [6, 6.07) is 5.85. The molecule has 2 N–H and O–H groups in total. The summed E-state index contributed by atoms with van der Waals surface area (Å²) < 4.78 is 14.3. The maximum Gasteiger partial charge on any atom is 0.126 e. The third-order valence-electron chi connectivity index (χ3n) is 2.89. The third kappa shape index (κ3) is 4.74. The molecule has 1 aromatic carbocycles. The molecule has 1 aliphatic rings. The van der Waals surface area contributed by atoms with Crippen molar-refractivity contribution in [2.75, 3.05) is 19.6 Å². The zero-order valence-electron chi connectivity index (χ0n) is 9.81. The van der Waals surface area contributed by atoms with Crippen LogP contribution >= 0.6 is 15.9 Å². The van der Waals surface area contributed by atoms with Gasteiger partial charge in [0.05, 0.1) is 0 Å². The van der Waals surface area contributed by atoms with Gasteiger partial charge in [0.1, 0.15) is 5.82 Å². The van der Waals surface area contributed by atoms with Crippen molar-refractivity contribution in [2.24, 2.45) is 0 Å². The van der Waals surface area contributed by atoms with Gasteiger partial charge < -0.3 is 10.6 Å². The molecule has 4 heteroatoms. The van der Waals surface area contributed by atoms with Gasteiger partial charge in [-0.2, -0.15) is 0 Å². The van der Waals surface area contributed by atoms with Gasteiger partial charge in [-0.15, -0.1) is 0 Å². The van der Waals surface area contributed by atoms with E-state index >= 15 is 0 Å². The summed E-state index contributed by atoms with van der Waals surface area (Å²) >= 11 is 3.36. The summed E-state index contributed by atoms with van der Waals surface area (Å²) in [7, 11) is 0. The highest BCUT2D eigenvalue weighted by Gasteiger charge is 2.19. The third-order valence-corrected chi connectivity index (χ3v) is 3.38. The van der Waals surface area contributed by atoms with E-state index in [4.69, 9.17) is 0 Å². The molecule has 0 saturated heterocycles. The molecule has 0 radical (unpaired) electrons. The number of halogens is 2. The van der Waals surface area contributed by atoms with Gasteiger partial charge in [0.2, 0.25) is 0 Å². The van der Waals surface area contributed by atoms with Gasteiger partial charge in [-0.3, -0.25) is 0 Å². The van der Waals surface area contributed by atoms with E-state index in [1.807, 2.05) is 6.07 Å². The van der Waals surface area contributed by atoms with Gasteiger partial charge in [-0.1, -0.05) is 15.9 Å². The Morgan fingerprint density at radius 3 is 2.82 bits per heavy atom. The Labute approximate surface area is 110 Å². The molecular weight excluding hydrogens is 283 g/mol. The number of hydrogen-bond acceptors (Lipinski definition) is 2. The number of rotatable bonds is 7. The highest BCUT2D eigenvalue weighted by Crippen LogP contribution is 2.18. The predicted octanol–water partition coefficient (Wildman–Crippen LogP) is 2.47. The lowest BCUT2D eigenvalue weighted by molar-refractivity contribution is 0.584. The SMILES string of the molecule is Fc1ccc(Br)cc1CCNCCNC1CC1. The maximum atomic E-state index is 13.4. The van der Waals surface area contributed by atoms with Gasteiger partial charge in [-0.05, 0) is 49.6 Å². The first-order valence-electron chi connectivity index (χ1n) is 6.14. The van der Waals surface area contributed by atoms with Crippen LogP contribution in [0.25, 0.3) is 0 Å². The van der Waals surface area contributed by atoms with E-state index in [2.05, 4.69) is 26.6 Å². The van der Waals surface area contributed by atoms with Crippen molar-refractivity contribution in [3.63, 3.8) is 0 Å². The normalized spacial score (nSPS) is 15.2. The second-order valence-corrected chi connectivity index (χ2v) is 5.38. The maximum absolute atomic E-state index is 13.4. The molecule has 0 amide bonds. The van der Waals surface area contributed by atoms with Crippen LogP contribution in [0.3, 0.4) is 0 Å². The van der Waals surface area contributed by atoms with E-state index in [1.54, 1.807) is 6.07 Å². The van der Waals surface area contributed by atoms with Crippen LogP contribution in [0, 0.1) is 5.82 Å². The molecule has 1 saturated carbocycles. The zero-order chi connectivity index (χ0) is 12.1. The summed E-state index contributed by atoms with van der Waals surface area (Å²) in [5.74, 6) is -0.119. The summed E-state index contributed by atoms with van der Waals surface area (Å²) in [5, 5.41) is 6.75. The number of nitrogens with one attached hydrogen (secondary N) is 2. The molecular formula is C13H18BrFN2. The first-order valence-corrected chi connectivity index (χ1v) is 6.93. The fourth-order valence-electron chi connectivity index (χ4n) is 1.74. The molecule has 17 heavy (non-hydrogen) atoms. The fourth-order valence-corrected chi connectivity index (χ4v) is 2.14. The quantitative estimate of drug-likeness (QED) is 0.756. The monoisotopic (exact) mass is 300 g/mol. The second kappa shape index (κ2) is 6.47. The molecule has 0 unspecified atom stereocenters. The molecule has 1 aliphatic carbocycles. The lowest BCUT2D eigenvalue weighted by atomic mass is 10.1. The average Bonchev–Trinajstić information content (AvgIpc) is 3.11. The van der Waals surface area contributed by atoms with Crippen molar-refractivity contribution in [2.45, 2.75) is 25.3 Å². The van der Waals surface area contributed by atoms with Crippen molar-refractivity contribution in [1.29, 1.82) is 0 Å². The van der Waals surface area contributed by atoms with Gasteiger partial charge in [0.25, 0.3) is 0 Å². The van der Waals surface area contributed by atoms with Gasteiger partial charge in [-0.25, -0.2) is 4.39 Å². The summed E-state index contributed by atoms with van der Waals surface area (Å²) in [4.78, 5) is 0. The summed E-state index contributed by atoms with van der Waals surface area (Å²) in [6.45, 7) is 2.78. The van der Waals surface area contributed by atoms with E-state index in [0.717, 1.165) is 42.1 Å². The van der Waals surface area contributed by atoms with Crippen LogP contribution < -0.4 is 10.6 Å². The van der Waals surface area contributed by atoms with Crippen LogP contribution in [0.1, 0.15) is 18.4 Å². The van der Waals surface area contributed by atoms with Crippen molar-refractivity contribution in [3.8, 4) is 0 Å². The molecule has 2 nitrogen and oxygen atoms in total. The van der Waals surface area contributed by atoms with E-state index in [0.29, 0.717) is 0 Å². The highest BCUT2D eigenvalue weighted by molar-refractivity contribution is 9.10. The van der Waals surface area contributed by atoms with Crippen molar-refractivity contribution in [3.05, 3.63) is 34.1 Å². The number of benzene rings is 1. The Balaban J connectivity index is 1.61. The smallest absolute Gasteiger partial charge is 0.126 e. The first kappa shape index (κ1) is 13.0. The fraction of sp³-hybridized carbons (Fsp3) is 0.538. The van der Waals surface area contributed by atoms with Crippen molar-refractivity contribution >= 4 is 15.9 Å². The van der Waals surface area contributed by atoms with Gasteiger partial charge in [0, 0.05) is 23.6 Å². The molecule has 94 valence electrons. The molecule has 0 aromatic heterocycles. The van der Waals surface area contributed by atoms with Crippen LogP contribution in [-0.2, 0) is 6.42 Å². The Hall–Kier alpha value is -0.450. The predicted molar refractivity (Wildman–Crippen MR) is 71.7 cm³/mol. The second-order valence-electron chi connectivity index (χ2n) is 4.46. The van der Waals surface area contributed by atoms with Crippen molar-refractivity contribution < 1.29 is 4.39 Å². The molecule has 1 aromatic rings. The summed E-state index contributed by atoms with van der Waals surface area (Å²) in [5.41, 5.74) is 0.766. The van der Waals surface area contributed by atoms with Crippen molar-refractivity contribution in [1.82, 2.24) is 10.6 Å². The Bertz CT molecular complexity index is 366. The lowest BCUT2D eigenvalue weighted by Gasteiger charge is -2.07. The molecule has 0 aliphatic heterocycles. The molecule has 1 fully saturated rings. The first-order chi connectivity index (χ1) is 8.25. The lowest BCUT2D eigenvalue weighted by Crippen LogP contribution is -2.29. The standard InChI is InChI=1S/C13H18BrFN2/c14-11-1-4-13(15)10(9-11)5-6-16-7-8-17-12-2-3-12/h1,4,9,12,16-17H,2-3,5-8H2. The topological polar surface area (TPSA) is 24.1 Å². The van der Waals surface area contributed by atoms with Gasteiger partial charge in [0.15, 0.2) is 0 Å². The number of hydrogen-bond donors (Lipinski definition) is 2. The molecule has 0 atom stereocenters. The van der Waals surface area contributed by atoms with Crippen LogP contribution in [0.4, 0.5) is 4.39 Å². The molecule has 0 bridgehead atoms. The van der Waals surface area contributed by atoms with Crippen LogP contribution in [0.15, 0.2) is 22.7 Å². The van der Waals surface area contributed by atoms with E-state index in [1.165, 1.54) is 18.9 Å². The minimum atomic E-state index is -0.119. The van der Waals surface area contributed by atoms with Gasteiger partial charge >= 0.3 is 0 Å². The molecule has 0 spiro atoms. The highest BCUT2D eigenvalue weighted by atomic mass is 79.9. The molecule has 0 heterocycles.